The van der Waals surface area contributed by atoms with Gasteiger partial charge in [0.2, 0.25) is 11.8 Å². The third kappa shape index (κ3) is 4.22. The van der Waals surface area contributed by atoms with Crippen LogP contribution in [0.3, 0.4) is 0 Å². The van der Waals surface area contributed by atoms with Crippen molar-refractivity contribution in [2.45, 2.75) is 43.9 Å². The van der Waals surface area contributed by atoms with Gasteiger partial charge in [0.05, 0.1) is 0 Å². The van der Waals surface area contributed by atoms with E-state index in [1.807, 2.05) is 7.05 Å². The molecule has 0 spiro atoms. The number of hydrogen-bond donors (Lipinski definition) is 2. The lowest BCUT2D eigenvalue weighted by atomic mass is 10.0. The number of fused-ring (bicyclic) bond motifs is 1. The molecule has 2 aliphatic rings. The average Bonchev–Trinajstić information content (AvgIpc) is 2.96. The van der Waals surface area contributed by atoms with Gasteiger partial charge in [0.15, 0.2) is 0 Å². The Morgan fingerprint density at radius 2 is 2.04 bits per heavy atom. The van der Waals surface area contributed by atoms with Crippen LogP contribution in [0, 0.1) is 5.82 Å². The van der Waals surface area contributed by atoms with Gasteiger partial charge in [0.1, 0.15) is 11.9 Å². The lowest BCUT2D eigenvalue weighted by molar-refractivity contribution is -0.125. The number of likely N-dealkylation sites (N-methyl/N-ethyl adjacent to an activating group) is 2. The summed E-state index contributed by atoms with van der Waals surface area (Å²) in [5, 5.41) is 5.90. The van der Waals surface area contributed by atoms with E-state index in [9.17, 15) is 14.0 Å². The van der Waals surface area contributed by atoms with Crippen LogP contribution in [-0.4, -0.2) is 66.9 Å². The molecule has 2 amide bonds. The van der Waals surface area contributed by atoms with Gasteiger partial charge in [0, 0.05) is 38.1 Å². The number of likely N-dealkylation sites (tertiary alicyclic amines) is 1. The molecule has 2 saturated heterocycles. The third-order valence-corrected chi connectivity index (χ3v) is 5.60. The smallest absolute Gasteiger partial charge is 0.239 e. The minimum Gasteiger partial charge on any atom is -0.353 e. The number of rotatable bonds is 5. The molecule has 2 heterocycles. The van der Waals surface area contributed by atoms with Crippen molar-refractivity contribution in [3.05, 3.63) is 35.6 Å². The summed E-state index contributed by atoms with van der Waals surface area (Å²) in [6, 6.07) is 6.37. The summed E-state index contributed by atoms with van der Waals surface area (Å²) < 4.78 is 12.9. The summed E-state index contributed by atoms with van der Waals surface area (Å²) in [6.45, 7) is 1.88. The van der Waals surface area contributed by atoms with Crippen LogP contribution in [0.25, 0.3) is 0 Å². The van der Waals surface area contributed by atoms with E-state index in [0.29, 0.717) is 25.9 Å². The molecule has 3 rings (SSSR count). The van der Waals surface area contributed by atoms with Crippen molar-refractivity contribution in [2.24, 2.45) is 0 Å². The first-order valence-corrected chi connectivity index (χ1v) is 9.16. The Morgan fingerprint density at radius 1 is 1.31 bits per heavy atom. The molecule has 2 N–H and O–H groups in total. The van der Waals surface area contributed by atoms with Crippen molar-refractivity contribution in [2.75, 3.05) is 27.2 Å². The second kappa shape index (κ2) is 8.14. The number of nitrogens with one attached hydrogen (secondary N) is 2. The molecule has 0 bridgehead atoms. The molecule has 3 atom stereocenters. The molecule has 0 aliphatic carbocycles. The Kier molecular flexibility index (Phi) is 5.88. The number of hydrogen-bond acceptors (Lipinski definition) is 4. The summed E-state index contributed by atoms with van der Waals surface area (Å²) in [5.74, 6) is -0.224. The first kappa shape index (κ1) is 18.8. The molecular weight excluding hydrogens is 335 g/mol. The van der Waals surface area contributed by atoms with Crippen LogP contribution >= 0.6 is 0 Å². The summed E-state index contributed by atoms with van der Waals surface area (Å²) in [4.78, 5) is 28.9. The van der Waals surface area contributed by atoms with Gasteiger partial charge in [-0.2, -0.15) is 0 Å². The van der Waals surface area contributed by atoms with Crippen LogP contribution in [0.4, 0.5) is 4.39 Å². The topological polar surface area (TPSA) is 64.7 Å². The largest absolute Gasteiger partial charge is 0.353 e. The second-order valence-electron chi connectivity index (χ2n) is 7.29. The molecule has 0 radical (unpaired) electrons. The summed E-state index contributed by atoms with van der Waals surface area (Å²) in [7, 11) is 4.04. The highest BCUT2D eigenvalue weighted by molar-refractivity contribution is 5.83. The average molecular weight is 362 g/mol. The lowest BCUT2D eigenvalue weighted by Crippen LogP contribution is -2.48. The van der Waals surface area contributed by atoms with E-state index in [2.05, 4.69) is 27.5 Å². The summed E-state index contributed by atoms with van der Waals surface area (Å²) >= 11 is 0. The molecule has 0 unspecified atom stereocenters. The SMILES string of the molecule is CN1CC[C@H]2[C@H]1C(=O)NC[C@H](CCC(=O)NCc1ccc(F)cc1)N2C. The van der Waals surface area contributed by atoms with Gasteiger partial charge in [-0.05, 0) is 44.6 Å². The molecule has 1 aromatic carbocycles. The van der Waals surface area contributed by atoms with Gasteiger partial charge in [-0.1, -0.05) is 12.1 Å². The number of amides is 2. The van der Waals surface area contributed by atoms with Gasteiger partial charge in [-0.25, -0.2) is 4.39 Å². The van der Waals surface area contributed by atoms with Crippen molar-refractivity contribution in [3.8, 4) is 0 Å². The normalized spacial score (nSPS) is 26.9. The fourth-order valence-electron chi connectivity index (χ4n) is 3.96. The molecule has 0 aromatic heterocycles. The Morgan fingerprint density at radius 3 is 2.77 bits per heavy atom. The van der Waals surface area contributed by atoms with Crippen LogP contribution in [0.15, 0.2) is 24.3 Å². The molecule has 2 fully saturated rings. The minimum atomic E-state index is -0.283. The number of halogens is 1. The van der Waals surface area contributed by atoms with Crippen LogP contribution in [-0.2, 0) is 16.1 Å². The Bertz CT molecular complexity index is 651. The Hall–Kier alpha value is -1.99. The van der Waals surface area contributed by atoms with Gasteiger partial charge in [-0.15, -0.1) is 0 Å². The first-order chi connectivity index (χ1) is 12.5. The fourth-order valence-corrected chi connectivity index (χ4v) is 3.96. The monoisotopic (exact) mass is 362 g/mol. The van der Waals surface area contributed by atoms with E-state index in [-0.39, 0.29) is 35.8 Å². The molecule has 0 saturated carbocycles. The van der Waals surface area contributed by atoms with Gasteiger partial charge in [0.25, 0.3) is 0 Å². The predicted molar refractivity (Wildman–Crippen MR) is 96.9 cm³/mol. The number of carbonyl (C=O) groups is 2. The van der Waals surface area contributed by atoms with Crippen molar-refractivity contribution in [1.29, 1.82) is 0 Å². The highest BCUT2D eigenvalue weighted by Gasteiger charge is 2.43. The summed E-state index contributed by atoms with van der Waals surface area (Å²) in [6.07, 6.45) is 2.07. The van der Waals surface area contributed by atoms with E-state index < -0.39 is 0 Å². The zero-order chi connectivity index (χ0) is 18.7. The van der Waals surface area contributed by atoms with Crippen molar-refractivity contribution < 1.29 is 14.0 Å². The third-order valence-electron chi connectivity index (χ3n) is 5.60. The van der Waals surface area contributed by atoms with Gasteiger partial charge >= 0.3 is 0 Å². The second-order valence-corrected chi connectivity index (χ2v) is 7.29. The number of carbonyl (C=O) groups excluding carboxylic acids is 2. The molecule has 142 valence electrons. The Labute approximate surface area is 153 Å². The van der Waals surface area contributed by atoms with E-state index in [1.165, 1.54) is 12.1 Å². The molecule has 26 heavy (non-hydrogen) atoms. The molecule has 2 aliphatic heterocycles. The predicted octanol–water partition coefficient (Wildman–Crippen LogP) is 0.725. The van der Waals surface area contributed by atoms with Crippen LogP contribution in [0.5, 0.6) is 0 Å². The molecule has 7 heteroatoms. The Balaban J connectivity index is 1.49. The highest BCUT2D eigenvalue weighted by Crippen LogP contribution is 2.25. The van der Waals surface area contributed by atoms with E-state index in [1.54, 1.807) is 12.1 Å². The first-order valence-electron chi connectivity index (χ1n) is 9.16. The molecule has 6 nitrogen and oxygen atoms in total. The zero-order valence-electron chi connectivity index (χ0n) is 15.4. The molecular formula is C19H27FN4O2. The molecule has 1 aromatic rings. The minimum absolute atomic E-state index is 0.0293. The number of nitrogens with zero attached hydrogens (tertiary/aromatic N) is 2. The van der Waals surface area contributed by atoms with Gasteiger partial charge in [-0.3, -0.25) is 19.4 Å². The zero-order valence-corrected chi connectivity index (χ0v) is 15.4. The van der Waals surface area contributed by atoms with Crippen molar-refractivity contribution >= 4 is 11.8 Å². The van der Waals surface area contributed by atoms with E-state index in [4.69, 9.17) is 0 Å². The van der Waals surface area contributed by atoms with Crippen molar-refractivity contribution in [1.82, 2.24) is 20.4 Å². The van der Waals surface area contributed by atoms with Crippen LogP contribution in [0.1, 0.15) is 24.8 Å². The highest BCUT2D eigenvalue weighted by atomic mass is 19.1. The van der Waals surface area contributed by atoms with E-state index >= 15 is 0 Å². The lowest BCUT2D eigenvalue weighted by Gasteiger charge is -2.32. The maximum absolute atomic E-state index is 12.9. The van der Waals surface area contributed by atoms with Gasteiger partial charge < -0.3 is 10.6 Å². The maximum Gasteiger partial charge on any atom is 0.239 e. The number of benzene rings is 1. The maximum atomic E-state index is 12.9. The van der Waals surface area contributed by atoms with Crippen LogP contribution in [0.2, 0.25) is 0 Å². The van der Waals surface area contributed by atoms with E-state index in [0.717, 1.165) is 18.5 Å². The quantitative estimate of drug-likeness (QED) is 0.810. The summed E-state index contributed by atoms with van der Waals surface area (Å²) in [5.41, 5.74) is 0.871. The van der Waals surface area contributed by atoms with Crippen LogP contribution < -0.4 is 10.6 Å². The fraction of sp³-hybridized carbons (Fsp3) is 0.579. The standard InChI is InChI=1S/C19H27FN4O2/c1-23-10-9-16-18(23)19(26)22-12-15(24(16)2)7-8-17(25)21-11-13-3-5-14(20)6-4-13/h3-6,15-16,18H,7-12H2,1-2H3,(H,21,25)(H,22,26)/t15-,16-,18-/m0/s1. The van der Waals surface area contributed by atoms with Crippen molar-refractivity contribution in [3.63, 3.8) is 0 Å².